The molecule has 0 aromatic carbocycles. The lowest BCUT2D eigenvalue weighted by Crippen LogP contribution is -2.23. The molecule has 0 fully saturated rings. The van der Waals surface area contributed by atoms with E-state index < -0.39 is 5.97 Å². The first-order valence-electron chi connectivity index (χ1n) is 2.41. The van der Waals surface area contributed by atoms with Crippen LogP contribution in [-0.4, -0.2) is 16.2 Å². The highest BCUT2D eigenvalue weighted by atomic mass is 35.5. The molecule has 0 aliphatic rings. The minimum absolute atomic E-state index is 0.157. The third-order valence-corrected chi connectivity index (χ3v) is 1.04. The molecule has 4 nitrogen and oxygen atoms in total. The predicted octanol–water partition coefficient (Wildman–Crippen LogP) is -0.507. The molecule has 0 atom stereocenters. The molecule has 10 heavy (non-hydrogen) atoms. The summed E-state index contributed by atoms with van der Waals surface area (Å²) < 4.78 is 0. The van der Waals surface area contributed by atoms with Gasteiger partial charge in [-0.05, 0) is 12.1 Å². The Hall–Kier alpha value is -1.16. The van der Waals surface area contributed by atoms with E-state index in [1.165, 1.54) is 12.1 Å². The van der Waals surface area contributed by atoms with Crippen molar-refractivity contribution in [3.05, 3.63) is 23.0 Å². The molecule has 0 bridgehead atoms. The van der Waals surface area contributed by atoms with Crippen LogP contribution in [0.2, 0.25) is 5.15 Å². The number of halogens is 1. The zero-order valence-corrected chi connectivity index (χ0v) is 5.50. The Morgan fingerprint density at radius 3 is 2.60 bits per heavy atom. The van der Waals surface area contributed by atoms with Crippen molar-refractivity contribution in [1.29, 1.82) is 0 Å². The van der Waals surface area contributed by atoms with Gasteiger partial charge < -0.3 is 9.90 Å². The average molecular weight is 158 g/mol. The molecular formula is C5H2ClN2O2-. The number of rotatable bonds is 1. The second-order valence-electron chi connectivity index (χ2n) is 1.53. The van der Waals surface area contributed by atoms with Crippen molar-refractivity contribution >= 4 is 17.6 Å². The molecule has 0 unspecified atom stereocenters. The van der Waals surface area contributed by atoms with E-state index in [2.05, 4.69) is 10.2 Å². The molecule has 52 valence electrons. The summed E-state index contributed by atoms with van der Waals surface area (Å²) in [6.07, 6.45) is 0. The first-order chi connectivity index (χ1) is 4.70. The largest absolute Gasteiger partial charge is 0.543 e. The van der Waals surface area contributed by atoms with Crippen molar-refractivity contribution in [1.82, 2.24) is 10.2 Å². The minimum atomic E-state index is -1.36. The van der Waals surface area contributed by atoms with Gasteiger partial charge in [0.05, 0.1) is 5.97 Å². The second kappa shape index (κ2) is 2.62. The summed E-state index contributed by atoms with van der Waals surface area (Å²) in [6, 6.07) is 2.56. The summed E-state index contributed by atoms with van der Waals surface area (Å²) in [5.74, 6) is -1.36. The molecule has 1 aromatic rings. The lowest BCUT2D eigenvalue weighted by atomic mass is 10.4. The molecule has 0 saturated carbocycles. The van der Waals surface area contributed by atoms with Gasteiger partial charge in [-0.15, -0.1) is 10.2 Å². The Kier molecular flexibility index (Phi) is 1.82. The van der Waals surface area contributed by atoms with E-state index >= 15 is 0 Å². The SMILES string of the molecule is O=C([O-])c1ccc(Cl)nn1. The van der Waals surface area contributed by atoms with Gasteiger partial charge in [0.2, 0.25) is 0 Å². The van der Waals surface area contributed by atoms with Crippen molar-refractivity contribution in [2.75, 3.05) is 0 Å². The Bertz CT molecular complexity index is 246. The molecule has 0 spiro atoms. The first-order valence-corrected chi connectivity index (χ1v) is 2.78. The van der Waals surface area contributed by atoms with E-state index in [1.54, 1.807) is 0 Å². The maximum Gasteiger partial charge on any atom is 0.151 e. The van der Waals surface area contributed by atoms with Crippen molar-refractivity contribution < 1.29 is 9.90 Å². The lowest BCUT2D eigenvalue weighted by molar-refractivity contribution is -0.255. The van der Waals surface area contributed by atoms with Gasteiger partial charge in [0.25, 0.3) is 0 Å². The van der Waals surface area contributed by atoms with Crippen LogP contribution in [0.4, 0.5) is 0 Å². The van der Waals surface area contributed by atoms with Gasteiger partial charge in [-0.25, -0.2) is 0 Å². The molecule has 0 saturated heterocycles. The van der Waals surface area contributed by atoms with Gasteiger partial charge in [-0.2, -0.15) is 0 Å². The number of carbonyl (C=O) groups is 1. The van der Waals surface area contributed by atoms with Crippen molar-refractivity contribution in [2.24, 2.45) is 0 Å². The maximum atomic E-state index is 10.1. The smallest absolute Gasteiger partial charge is 0.151 e. The van der Waals surface area contributed by atoms with E-state index in [-0.39, 0.29) is 10.8 Å². The van der Waals surface area contributed by atoms with Crippen LogP contribution in [0.25, 0.3) is 0 Å². The van der Waals surface area contributed by atoms with Crippen LogP contribution in [0.3, 0.4) is 0 Å². The average Bonchev–Trinajstić information content (AvgIpc) is 1.88. The van der Waals surface area contributed by atoms with E-state index in [0.29, 0.717) is 0 Å². The standard InChI is InChI=1S/C5H3ClN2O2/c6-4-2-1-3(5(9)10)7-8-4/h1-2H,(H,9,10)/p-1. The molecule has 0 aliphatic carbocycles. The fraction of sp³-hybridized carbons (Fsp3) is 0. The number of carbonyl (C=O) groups excluding carboxylic acids is 1. The molecule has 0 radical (unpaired) electrons. The summed E-state index contributed by atoms with van der Waals surface area (Å²) in [6.45, 7) is 0. The molecule has 5 heteroatoms. The quantitative estimate of drug-likeness (QED) is 0.551. The van der Waals surface area contributed by atoms with E-state index in [0.717, 1.165) is 0 Å². The maximum absolute atomic E-state index is 10.1. The van der Waals surface area contributed by atoms with Crippen LogP contribution >= 0.6 is 11.6 Å². The fourth-order valence-electron chi connectivity index (χ4n) is 0.425. The molecule has 1 heterocycles. The van der Waals surface area contributed by atoms with Gasteiger partial charge in [0, 0.05) is 0 Å². The van der Waals surface area contributed by atoms with Crippen LogP contribution in [-0.2, 0) is 0 Å². The van der Waals surface area contributed by atoms with E-state index in [9.17, 15) is 9.90 Å². The Morgan fingerprint density at radius 2 is 2.20 bits per heavy atom. The normalized spacial score (nSPS) is 9.30. The van der Waals surface area contributed by atoms with E-state index in [4.69, 9.17) is 11.6 Å². The van der Waals surface area contributed by atoms with Crippen LogP contribution in [0.5, 0.6) is 0 Å². The van der Waals surface area contributed by atoms with Crippen LogP contribution in [0.15, 0.2) is 12.1 Å². The van der Waals surface area contributed by atoms with Crippen LogP contribution in [0.1, 0.15) is 10.5 Å². The summed E-state index contributed by atoms with van der Waals surface area (Å²) in [5, 5.41) is 16.7. The highest BCUT2D eigenvalue weighted by molar-refractivity contribution is 6.29. The number of hydrogen-bond donors (Lipinski definition) is 0. The van der Waals surface area contributed by atoms with Crippen LogP contribution in [0, 0.1) is 0 Å². The molecule has 0 amide bonds. The highest BCUT2D eigenvalue weighted by Crippen LogP contribution is 2.00. The molecule has 1 rings (SSSR count). The van der Waals surface area contributed by atoms with Gasteiger partial charge in [0.1, 0.15) is 5.69 Å². The number of aromatic nitrogens is 2. The molecular weight excluding hydrogens is 156 g/mol. The fourth-order valence-corrected chi connectivity index (χ4v) is 0.526. The van der Waals surface area contributed by atoms with Crippen molar-refractivity contribution in [2.45, 2.75) is 0 Å². The Balaban J connectivity index is 3.00. The predicted molar refractivity (Wildman–Crippen MR) is 31.4 cm³/mol. The number of carboxylic acid groups (broad SMARTS) is 1. The zero-order valence-electron chi connectivity index (χ0n) is 4.74. The summed E-state index contributed by atoms with van der Waals surface area (Å²) in [5.41, 5.74) is -0.218. The third-order valence-electron chi connectivity index (χ3n) is 0.841. The van der Waals surface area contributed by atoms with Gasteiger partial charge in [-0.1, -0.05) is 11.6 Å². The van der Waals surface area contributed by atoms with Gasteiger partial charge in [-0.3, -0.25) is 0 Å². The number of nitrogens with zero attached hydrogens (tertiary/aromatic N) is 2. The summed E-state index contributed by atoms with van der Waals surface area (Å²) in [4.78, 5) is 10.1. The summed E-state index contributed by atoms with van der Waals surface area (Å²) >= 11 is 5.33. The number of carboxylic acids is 1. The van der Waals surface area contributed by atoms with Crippen LogP contribution < -0.4 is 5.11 Å². The number of hydrogen-bond acceptors (Lipinski definition) is 4. The van der Waals surface area contributed by atoms with Crippen molar-refractivity contribution in [3.63, 3.8) is 0 Å². The molecule has 0 aliphatic heterocycles. The van der Waals surface area contributed by atoms with Crippen molar-refractivity contribution in [3.8, 4) is 0 Å². The number of aromatic carboxylic acids is 1. The first kappa shape index (κ1) is 6.95. The molecule has 0 N–H and O–H groups in total. The zero-order chi connectivity index (χ0) is 7.56. The van der Waals surface area contributed by atoms with Gasteiger partial charge in [0.15, 0.2) is 5.15 Å². The highest BCUT2D eigenvalue weighted by Gasteiger charge is 1.94. The van der Waals surface area contributed by atoms with E-state index in [1.807, 2.05) is 0 Å². The Morgan fingerprint density at radius 1 is 1.50 bits per heavy atom. The third kappa shape index (κ3) is 1.41. The minimum Gasteiger partial charge on any atom is -0.543 e. The topological polar surface area (TPSA) is 65.9 Å². The summed E-state index contributed by atoms with van der Waals surface area (Å²) in [7, 11) is 0. The molecule has 1 aromatic heterocycles. The lowest BCUT2D eigenvalue weighted by Gasteiger charge is -1.96. The monoisotopic (exact) mass is 157 g/mol. The Labute approximate surface area is 61.5 Å². The second-order valence-corrected chi connectivity index (χ2v) is 1.92. The van der Waals surface area contributed by atoms with Gasteiger partial charge >= 0.3 is 0 Å².